The predicted octanol–water partition coefficient (Wildman–Crippen LogP) is 3.51. The first-order valence-corrected chi connectivity index (χ1v) is 11.0. The Balaban J connectivity index is 1.21. The van der Waals surface area contributed by atoms with Crippen LogP contribution < -0.4 is 0 Å². The second-order valence-corrected chi connectivity index (χ2v) is 8.89. The van der Waals surface area contributed by atoms with Gasteiger partial charge < -0.3 is 9.15 Å². The molecule has 7 nitrogen and oxygen atoms in total. The molecule has 7 heteroatoms. The molecule has 2 bridgehead atoms. The number of carbonyl (C=O) groups is 3. The first-order valence-electron chi connectivity index (χ1n) is 11.0. The van der Waals surface area contributed by atoms with Crippen LogP contribution in [0.4, 0.5) is 0 Å². The van der Waals surface area contributed by atoms with Crippen molar-refractivity contribution in [3.63, 3.8) is 0 Å². The molecule has 0 spiro atoms. The topological polar surface area (TPSA) is 89.2 Å². The van der Waals surface area contributed by atoms with Crippen molar-refractivity contribution in [2.24, 2.45) is 40.6 Å². The van der Waals surface area contributed by atoms with Gasteiger partial charge in [-0.1, -0.05) is 24.3 Å². The molecule has 0 radical (unpaired) electrons. The van der Waals surface area contributed by atoms with Crippen LogP contribution in [0.5, 0.6) is 0 Å². The van der Waals surface area contributed by atoms with E-state index in [1.807, 2.05) is 6.07 Å². The molecule has 1 aliphatic heterocycles. The number of imide groups is 1. The van der Waals surface area contributed by atoms with Crippen molar-refractivity contribution in [2.45, 2.75) is 13.3 Å². The molecule has 5 aliphatic rings. The van der Waals surface area contributed by atoms with Crippen LogP contribution >= 0.6 is 0 Å². The fraction of sp³-hybridized carbons (Fsp3) is 0.360. The molecule has 2 saturated carbocycles. The summed E-state index contributed by atoms with van der Waals surface area (Å²) in [7, 11) is 0. The summed E-state index contributed by atoms with van der Waals surface area (Å²) in [6, 6.07) is 10.4. The molecule has 1 aromatic carbocycles. The first kappa shape index (κ1) is 19.2. The summed E-state index contributed by atoms with van der Waals surface area (Å²) >= 11 is 0. The summed E-state index contributed by atoms with van der Waals surface area (Å²) in [6.45, 7) is 2.06. The van der Waals surface area contributed by atoms with Crippen LogP contribution in [0.2, 0.25) is 0 Å². The van der Waals surface area contributed by atoms with Gasteiger partial charge in [0.15, 0.2) is 0 Å². The lowest BCUT2D eigenvalue weighted by Gasteiger charge is -2.37. The normalized spacial score (nSPS) is 31.8. The van der Waals surface area contributed by atoms with E-state index in [9.17, 15) is 14.4 Å². The zero-order valence-electron chi connectivity index (χ0n) is 17.5. The fourth-order valence-electron chi connectivity index (χ4n) is 5.76. The lowest BCUT2D eigenvalue weighted by Crippen LogP contribution is -2.40. The Morgan fingerprint density at radius 1 is 1.12 bits per heavy atom. The number of amides is 2. The molecule has 2 amide bonds. The van der Waals surface area contributed by atoms with Crippen molar-refractivity contribution in [2.75, 3.05) is 6.61 Å². The Hall–Kier alpha value is -3.48. The van der Waals surface area contributed by atoms with Gasteiger partial charge in [0.25, 0.3) is 11.8 Å². The highest BCUT2D eigenvalue weighted by molar-refractivity contribution is 6.06. The van der Waals surface area contributed by atoms with Gasteiger partial charge in [-0.3, -0.25) is 9.59 Å². The van der Waals surface area contributed by atoms with Gasteiger partial charge in [-0.05, 0) is 61.3 Å². The summed E-state index contributed by atoms with van der Waals surface area (Å²) in [4.78, 5) is 38.0. The van der Waals surface area contributed by atoms with Gasteiger partial charge in [-0.25, -0.2) is 4.79 Å². The standard InChI is InChI=1S/C25H22N2O5/c1-2-31-25(30)14-5-3-4-13(10-14)20-9-6-15(32-20)12-26-27-23(28)21-16-7-8-17(19-11-18(16)19)22(21)24(27)29/h3-10,12,16-19,21-22H,2,11H2,1H3/b26-12-/t16-,17+,18-,19-,21+,22+/m1/s1. The minimum Gasteiger partial charge on any atom is -0.462 e. The summed E-state index contributed by atoms with van der Waals surface area (Å²) < 4.78 is 10.9. The van der Waals surface area contributed by atoms with Gasteiger partial charge in [0.05, 0.1) is 30.2 Å². The number of rotatable bonds is 5. The van der Waals surface area contributed by atoms with E-state index < -0.39 is 5.97 Å². The van der Waals surface area contributed by atoms with Crippen molar-refractivity contribution in [3.05, 3.63) is 59.9 Å². The van der Waals surface area contributed by atoms with E-state index in [0.717, 1.165) is 17.0 Å². The Morgan fingerprint density at radius 3 is 2.53 bits per heavy atom. The maximum Gasteiger partial charge on any atom is 0.338 e. The molecule has 4 aliphatic carbocycles. The lowest BCUT2D eigenvalue weighted by atomic mass is 9.63. The van der Waals surface area contributed by atoms with Crippen LogP contribution in [-0.2, 0) is 14.3 Å². The van der Waals surface area contributed by atoms with Crippen molar-refractivity contribution in [3.8, 4) is 11.3 Å². The Bertz CT molecular complexity index is 1160. The highest BCUT2D eigenvalue weighted by atomic mass is 16.5. The SMILES string of the molecule is CCOC(=O)c1cccc(-c2ccc(/C=N\N3C(=O)[C@H]4[C@@H]5C=C[C@@H]([C@H]6C[C@H]56)[C@@H]4C3=O)o2)c1. The number of allylic oxidation sites excluding steroid dienone is 2. The van der Waals surface area contributed by atoms with Crippen LogP contribution in [0.15, 0.2) is 58.1 Å². The third-order valence-corrected chi connectivity index (χ3v) is 7.22. The number of hydrazone groups is 1. The highest BCUT2D eigenvalue weighted by Crippen LogP contribution is 2.65. The van der Waals surface area contributed by atoms with Gasteiger partial charge in [0.1, 0.15) is 11.5 Å². The number of esters is 1. The summed E-state index contributed by atoms with van der Waals surface area (Å²) in [5.41, 5.74) is 1.16. The number of hydrogen-bond acceptors (Lipinski definition) is 6. The lowest BCUT2D eigenvalue weighted by molar-refractivity contribution is -0.140. The van der Waals surface area contributed by atoms with Crippen LogP contribution in [-0.4, -0.2) is 35.6 Å². The van der Waals surface area contributed by atoms with Crippen molar-refractivity contribution >= 4 is 24.0 Å². The number of ether oxygens (including phenoxy) is 1. The number of benzene rings is 1. The molecule has 2 heterocycles. The van der Waals surface area contributed by atoms with E-state index in [4.69, 9.17) is 9.15 Å². The molecule has 0 unspecified atom stereocenters. The largest absolute Gasteiger partial charge is 0.462 e. The van der Waals surface area contributed by atoms with Gasteiger partial charge in [-0.15, -0.1) is 0 Å². The van der Waals surface area contributed by atoms with Crippen molar-refractivity contribution < 1.29 is 23.5 Å². The van der Waals surface area contributed by atoms with Crippen LogP contribution in [0, 0.1) is 35.5 Å². The minimum atomic E-state index is -0.392. The zero-order chi connectivity index (χ0) is 22.0. The van der Waals surface area contributed by atoms with Gasteiger partial charge in [-0.2, -0.15) is 10.1 Å². The predicted molar refractivity (Wildman–Crippen MR) is 114 cm³/mol. The molecule has 0 N–H and O–H groups in total. The van der Waals surface area contributed by atoms with Crippen molar-refractivity contribution in [1.82, 2.24) is 5.01 Å². The average Bonchev–Trinajstić information content (AvgIpc) is 3.44. The smallest absolute Gasteiger partial charge is 0.338 e. The summed E-state index contributed by atoms with van der Waals surface area (Å²) in [6.07, 6.45) is 6.82. The number of furan rings is 1. The van der Waals surface area contributed by atoms with E-state index in [-0.39, 0.29) is 35.5 Å². The molecule has 3 fully saturated rings. The number of carbonyl (C=O) groups excluding carboxylic acids is 3. The maximum atomic E-state index is 13.0. The van der Waals surface area contributed by atoms with E-state index in [1.165, 1.54) is 6.21 Å². The maximum absolute atomic E-state index is 13.0. The molecular weight excluding hydrogens is 408 g/mol. The molecule has 1 aromatic heterocycles. The number of nitrogens with zero attached hydrogens (tertiary/aromatic N) is 2. The van der Waals surface area contributed by atoms with Gasteiger partial charge >= 0.3 is 5.97 Å². The van der Waals surface area contributed by atoms with Crippen LogP contribution in [0.1, 0.15) is 29.5 Å². The first-order chi connectivity index (χ1) is 15.6. The molecule has 1 saturated heterocycles. The quantitative estimate of drug-likeness (QED) is 0.313. The zero-order valence-corrected chi connectivity index (χ0v) is 17.5. The molecule has 162 valence electrons. The molecule has 32 heavy (non-hydrogen) atoms. The third kappa shape index (κ3) is 2.80. The van der Waals surface area contributed by atoms with Gasteiger partial charge in [0.2, 0.25) is 0 Å². The van der Waals surface area contributed by atoms with Gasteiger partial charge in [0, 0.05) is 5.56 Å². The Kier molecular flexibility index (Phi) is 4.22. The molecular formula is C25H22N2O5. The van der Waals surface area contributed by atoms with E-state index in [2.05, 4.69) is 17.3 Å². The second-order valence-electron chi connectivity index (χ2n) is 8.89. The molecule has 2 aromatic rings. The minimum absolute atomic E-state index is 0.175. The Labute approximate surface area is 184 Å². The second kappa shape index (κ2) is 7.02. The Morgan fingerprint density at radius 2 is 1.84 bits per heavy atom. The molecule has 7 rings (SSSR count). The number of hydrogen-bond donors (Lipinski definition) is 0. The van der Waals surface area contributed by atoms with Crippen LogP contribution in [0.25, 0.3) is 11.3 Å². The van der Waals surface area contributed by atoms with Crippen LogP contribution in [0.3, 0.4) is 0 Å². The van der Waals surface area contributed by atoms with E-state index in [1.54, 1.807) is 37.3 Å². The molecule has 6 atom stereocenters. The third-order valence-electron chi connectivity index (χ3n) is 7.22. The van der Waals surface area contributed by atoms with E-state index in [0.29, 0.717) is 35.5 Å². The summed E-state index contributed by atoms with van der Waals surface area (Å²) in [5.74, 6) is 1.11. The summed E-state index contributed by atoms with van der Waals surface area (Å²) in [5, 5.41) is 5.25. The fourth-order valence-corrected chi connectivity index (χ4v) is 5.76. The average molecular weight is 430 g/mol. The van der Waals surface area contributed by atoms with E-state index >= 15 is 0 Å². The van der Waals surface area contributed by atoms with Crippen molar-refractivity contribution in [1.29, 1.82) is 0 Å². The highest BCUT2D eigenvalue weighted by Gasteiger charge is 2.67. The monoisotopic (exact) mass is 430 g/mol.